The van der Waals surface area contributed by atoms with E-state index in [1.165, 1.54) is 11.3 Å². The van der Waals surface area contributed by atoms with Crippen molar-refractivity contribution in [3.63, 3.8) is 0 Å². The first-order chi connectivity index (χ1) is 15.0. The minimum atomic E-state index is -0.912. The van der Waals surface area contributed by atoms with Crippen LogP contribution in [0.5, 0.6) is 0 Å². The number of carbonyl (C=O) groups excluding carboxylic acids is 1. The highest BCUT2D eigenvalue weighted by Gasteiger charge is 2.34. The van der Waals surface area contributed by atoms with Gasteiger partial charge in [-0.25, -0.2) is 0 Å². The Balaban J connectivity index is 1.34. The molecule has 0 aromatic heterocycles. The minimum absolute atomic E-state index is 0.226. The first kappa shape index (κ1) is 21.0. The number of allylic oxidation sites excluding steroid dienone is 2. The van der Waals surface area contributed by atoms with Gasteiger partial charge in [0, 0.05) is 43.2 Å². The molecule has 0 unspecified atom stereocenters. The second-order valence-corrected chi connectivity index (χ2v) is 8.34. The highest BCUT2D eigenvalue weighted by atomic mass is 16.4. The van der Waals surface area contributed by atoms with Crippen LogP contribution in [0.2, 0.25) is 0 Å². The van der Waals surface area contributed by atoms with Crippen LogP contribution in [0.3, 0.4) is 0 Å². The number of rotatable bonds is 5. The standard InChI is InChI=1S/C25H29N3O3/c1-18-5-4-6-21(17-18)28-15-13-27(14-16-28)20-11-9-19(10-12-20)26-24(29)22-7-2-3-8-23(22)25(30)31/h2-6,9-12,17,22-23H,7-8,13-16H2,1H3,(H,26,29)(H,30,31)/t22-,23+/m1/s1. The number of amides is 1. The Morgan fingerprint density at radius 1 is 0.871 bits per heavy atom. The molecular formula is C25H29N3O3. The first-order valence-corrected chi connectivity index (χ1v) is 10.9. The van der Waals surface area contributed by atoms with Crippen molar-refractivity contribution >= 4 is 28.9 Å². The van der Waals surface area contributed by atoms with Gasteiger partial charge in [-0.15, -0.1) is 0 Å². The van der Waals surface area contributed by atoms with E-state index in [-0.39, 0.29) is 5.91 Å². The third kappa shape index (κ3) is 4.90. The molecule has 6 heteroatoms. The van der Waals surface area contributed by atoms with Gasteiger partial charge >= 0.3 is 5.97 Å². The molecule has 2 aromatic rings. The molecule has 31 heavy (non-hydrogen) atoms. The number of benzene rings is 2. The van der Waals surface area contributed by atoms with Crippen molar-refractivity contribution in [2.45, 2.75) is 19.8 Å². The van der Waals surface area contributed by atoms with E-state index < -0.39 is 17.8 Å². The molecule has 1 amide bonds. The second kappa shape index (κ2) is 9.25. The largest absolute Gasteiger partial charge is 0.481 e. The van der Waals surface area contributed by atoms with Crippen LogP contribution in [0.1, 0.15) is 18.4 Å². The summed E-state index contributed by atoms with van der Waals surface area (Å²) in [6, 6.07) is 16.4. The van der Waals surface area contributed by atoms with Gasteiger partial charge in [-0.05, 0) is 61.7 Å². The van der Waals surface area contributed by atoms with E-state index >= 15 is 0 Å². The van der Waals surface area contributed by atoms with Gasteiger partial charge in [-0.2, -0.15) is 0 Å². The summed E-state index contributed by atoms with van der Waals surface area (Å²) in [6.45, 7) is 5.93. The lowest BCUT2D eigenvalue weighted by atomic mass is 9.82. The lowest BCUT2D eigenvalue weighted by molar-refractivity contribution is -0.146. The van der Waals surface area contributed by atoms with Crippen LogP contribution in [0.15, 0.2) is 60.7 Å². The molecule has 1 aliphatic heterocycles. The quantitative estimate of drug-likeness (QED) is 0.719. The number of carboxylic acids is 1. The molecule has 1 fully saturated rings. The average Bonchev–Trinajstić information content (AvgIpc) is 2.79. The zero-order chi connectivity index (χ0) is 21.8. The normalized spacial score (nSPS) is 21.1. The van der Waals surface area contributed by atoms with Crippen molar-refractivity contribution < 1.29 is 14.7 Å². The Labute approximate surface area is 183 Å². The third-order valence-corrected chi connectivity index (χ3v) is 6.23. The summed E-state index contributed by atoms with van der Waals surface area (Å²) in [5, 5.41) is 12.3. The Bertz CT molecular complexity index is 962. The molecule has 0 radical (unpaired) electrons. The lowest BCUT2D eigenvalue weighted by Crippen LogP contribution is -2.46. The Kier molecular flexibility index (Phi) is 6.26. The van der Waals surface area contributed by atoms with Crippen molar-refractivity contribution in [3.8, 4) is 0 Å². The van der Waals surface area contributed by atoms with E-state index in [1.807, 2.05) is 36.4 Å². The summed E-state index contributed by atoms with van der Waals surface area (Å²) in [5.74, 6) is -2.33. The molecule has 0 spiro atoms. The van der Waals surface area contributed by atoms with E-state index in [0.29, 0.717) is 18.5 Å². The van der Waals surface area contributed by atoms with Crippen molar-refractivity contribution in [2.75, 3.05) is 41.3 Å². The van der Waals surface area contributed by atoms with Gasteiger partial charge in [0.2, 0.25) is 5.91 Å². The highest BCUT2D eigenvalue weighted by Crippen LogP contribution is 2.28. The summed E-state index contributed by atoms with van der Waals surface area (Å²) in [6.07, 6.45) is 4.60. The van der Waals surface area contributed by atoms with Gasteiger partial charge in [0.15, 0.2) is 0 Å². The first-order valence-electron chi connectivity index (χ1n) is 10.9. The number of carboxylic acid groups (broad SMARTS) is 1. The summed E-state index contributed by atoms with van der Waals surface area (Å²) in [5.41, 5.74) is 4.38. The molecule has 2 aromatic carbocycles. The maximum absolute atomic E-state index is 12.6. The van der Waals surface area contributed by atoms with Crippen LogP contribution >= 0.6 is 0 Å². The molecule has 162 valence electrons. The Hall–Kier alpha value is -3.28. The van der Waals surface area contributed by atoms with Gasteiger partial charge < -0.3 is 20.2 Å². The van der Waals surface area contributed by atoms with Crippen molar-refractivity contribution in [1.29, 1.82) is 0 Å². The van der Waals surface area contributed by atoms with Gasteiger partial charge in [0.05, 0.1) is 11.8 Å². The molecule has 1 heterocycles. The average molecular weight is 420 g/mol. The fraction of sp³-hybridized carbons (Fsp3) is 0.360. The van der Waals surface area contributed by atoms with Gasteiger partial charge in [0.25, 0.3) is 0 Å². The maximum Gasteiger partial charge on any atom is 0.307 e. The van der Waals surface area contributed by atoms with E-state index in [9.17, 15) is 14.7 Å². The monoisotopic (exact) mass is 419 g/mol. The second-order valence-electron chi connectivity index (χ2n) is 8.34. The van der Waals surface area contributed by atoms with Crippen LogP contribution in [-0.2, 0) is 9.59 Å². The summed E-state index contributed by atoms with van der Waals surface area (Å²) < 4.78 is 0. The molecule has 1 aliphatic carbocycles. The molecule has 4 rings (SSSR count). The van der Waals surface area contributed by atoms with Gasteiger partial charge in [0.1, 0.15) is 0 Å². The van der Waals surface area contributed by atoms with Gasteiger partial charge in [-0.1, -0.05) is 24.3 Å². The molecule has 0 bridgehead atoms. The molecular weight excluding hydrogens is 390 g/mol. The van der Waals surface area contributed by atoms with Crippen LogP contribution in [0.4, 0.5) is 17.1 Å². The fourth-order valence-corrected chi connectivity index (χ4v) is 4.41. The number of piperazine rings is 1. The maximum atomic E-state index is 12.6. The topological polar surface area (TPSA) is 72.9 Å². The number of nitrogens with zero attached hydrogens (tertiary/aromatic N) is 2. The van der Waals surface area contributed by atoms with E-state index in [2.05, 4.69) is 46.3 Å². The molecule has 2 aliphatic rings. The number of carbonyl (C=O) groups is 2. The van der Waals surface area contributed by atoms with Crippen molar-refractivity contribution in [1.82, 2.24) is 0 Å². The summed E-state index contributed by atoms with van der Waals surface area (Å²) >= 11 is 0. The number of anilines is 3. The van der Waals surface area contributed by atoms with Crippen molar-refractivity contribution in [2.24, 2.45) is 11.8 Å². The summed E-state index contributed by atoms with van der Waals surface area (Å²) in [4.78, 5) is 28.9. The van der Waals surface area contributed by atoms with Crippen LogP contribution < -0.4 is 15.1 Å². The predicted octanol–water partition coefficient (Wildman–Crippen LogP) is 3.93. The number of aryl methyl sites for hydroxylation is 1. The predicted molar refractivity (Wildman–Crippen MR) is 124 cm³/mol. The van der Waals surface area contributed by atoms with Crippen molar-refractivity contribution in [3.05, 3.63) is 66.2 Å². The van der Waals surface area contributed by atoms with Crippen LogP contribution in [-0.4, -0.2) is 43.2 Å². The van der Waals surface area contributed by atoms with E-state index in [1.54, 1.807) is 0 Å². The van der Waals surface area contributed by atoms with E-state index in [4.69, 9.17) is 0 Å². The fourth-order valence-electron chi connectivity index (χ4n) is 4.41. The lowest BCUT2D eigenvalue weighted by Gasteiger charge is -2.37. The smallest absolute Gasteiger partial charge is 0.307 e. The number of hydrogen-bond acceptors (Lipinski definition) is 4. The minimum Gasteiger partial charge on any atom is -0.481 e. The zero-order valence-electron chi connectivity index (χ0n) is 17.8. The Morgan fingerprint density at radius 2 is 1.48 bits per heavy atom. The molecule has 2 N–H and O–H groups in total. The number of aliphatic carboxylic acids is 1. The molecule has 0 saturated carbocycles. The third-order valence-electron chi connectivity index (χ3n) is 6.23. The van der Waals surface area contributed by atoms with E-state index in [0.717, 1.165) is 31.9 Å². The van der Waals surface area contributed by atoms with Gasteiger partial charge in [-0.3, -0.25) is 9.59 Å². The Morgan fingerprint density at radius 3 is 2.10 bits per heavy atom. The molecule has 2 atom stereocenters. The van der Waals surface area contributed by atoms with Crippen LogP contribution in [0, 0.1) is 18.8 Å². The number of nitrogens with one attached hydrogen (secondary N) is 1. The highest BCUT2D eigenvalue weighted by molar-refractivity contribution is 5.95. The zero-order valence-corrected chi connectivity index (χ0v) is 17.8. The summed E-state index contributed by atoms with van der Waals surface area (Å²) in [7, 11) is 0. The molecule has 1 saturated heterocycles. The molecule has 6 nitrogen and oxygen atoms in total. The van der Waals surface area contributed by atoms with Crippen LogP contribution in [0.25, 0.3) is 0 Å². The number of hydrogen-bond donors (Lipinski definition) is 2. The SMILES string of the molecule is Cc1cccc(N2CCN(c3ccc(NC(=O)[C@@H]4CC=CC[C@@H]4C(=O)O)cc3)CC2)c1.